The summed E-state index contributed by atoms with van der Waals surface area (Å²) in [5.41, 5.74) is 2.63. The van der Waals surface area contributed by atoms with Crippen molar-refractivity contribution in [1.82, 2.24) is 15.5 Å². The maximum absolute atomic E-state index is 4.41. The molecule has 1 aromatic heterocycles. The molecule has 4 heteroatoms. The molecule has 0 aliphatic rings. The molecule has 0 aliphatic heterocycles. The van der Waals surface area contributed by atoms with Gasteiger partial charge in [0.25, 0.3) is 0 Å². The molecule has 1 unspecified atom stereocenters. The Labute approximate surface area is 125 Å². The first-order valence-electron chi connectivity index (χ1n) is 7.08. The zero-order valence-corrected chi connectivity index (χ0v) is 13.7. The number of benzene rings is 1. The molecule has 0 saturated heterocycles. The van der Waals surface area contributed by atoms with Gasteiger partial charge >= 0.3 is 0 Å². The lowest BCUT2D eigenvalue weighted by molar-refractivity contribution is 0.568. The molecule has 0 spiro atoms. The first-order valence-corrected chi connectivity index (χ1v) is 7.89. The second-order valence-corrected chi connectivity index (χ2v) is 7.00. The van der Waals surface area contributed by atoms with Gasteiger partial charge in [0.15, 0.2) is 0 Å². The molecule has 20 heavy (non-hydrogen) atoms. The van der Waals surface area contributed by atoms with E-state index in [4.69, 9.17) is 0 Å². The van der Waals surface area contributed by atoms with Gasteiger partial charge in [-0.15, -0.1) is 10.2 Å². The van der Waals surface area contributed by atoms with E-state index in [0.29, 0.717) is 6.04 Å². The summed E-state index contributed by atoms with van der Waals surface area (Å²) < 4.78 is 0. The van der Waals surface area contributed by atoms with Gasteiger partial charge in [0, 0.05) is 5.56 Å². The molecule has 0 aliphatic carbocycles. The summed E-state index contributed by atoms with van der Waals surface area (Å²) in [7, 11) is 1.97. The molecular formula is C16H23N3S. The van der Waals surface area contributed by atoms with E-state index in [1.54, 1.807) is 11.3 Å². The standard InChI is InChI=1S/C16H23N3S/c1-6-13(17-5)15-19-18-14(20-15)11-9-7-8-10-12(11)16(2,3)4/h7-10,13,17H,6H2,1-5H3. The van der Waals surface area contributed by atoms with Crippen LogP contribution in [0, 0.1) is 0 Å². The van der Waals surface area contributed by atoms with Gasteiger partial charge in [-0.25, -0.2) is 0 Å². The zero-order valence-electron chi connectivity index (χ0n) is 12.9. The van der Waals surface area contributed by atoms with Crippen LogP contribution in [0.3, 0.4) is 0 Å². The third-order valence-electron chi connectivity index (χ3n) is 3.46. The summed E-state index contributed by atoms with van der Waals surface area (Å²) in [6.07, 6.45) is 1.02. The molecule has 0 radical (unpaired) electrons. The fraction of sp³-hybridized carbons (Fsp3) is 0.500. The number of aromatic nitrogens is 2. The van der Waals surface area contributed by atoms with Crippen LogP contribution >= 0.6 is 11.3 Å². The van der Waals surface area contributed by atoms with Crippen molar-refractivity contribution in [2.75, 3.05) is 7.05 Å². The Kier molecular flexibility index (Phi) is 4.55. The summed E-state index contributed by atoms with van der Waals surface area (Å²) in [6.45, 7) is 8.86. The molecule has 2 rings (SSSR count). The monoisotopic (exact) mass is 289 g/mol. The molecule has 1 heterocycles. The number of hydrogen-bond acceptors (Lipinski definition) is 4. The highest BCUT2D eigenvalue weighted by molar-refractivity contribution is 7.14. The minimum absolute atomic E-state index is 0.107. The molecule has 0 amide bonds. The Morgan fingerprint density at radius 3 is 2.50 bits per heavy atom. The Hall–Kier alpha value is -1.26. The third-order valence-corrected chi connectivity index (χ3v) is 4.53. The van der Waals surface area contributed by atoms with Crippen molar-refractivity contribution in [1.29, 1.82) is 0 Å². The number of nitrogens with one attached hydrogen (secondary N) is 1. The van der Waals surface area contributed by atoms with Crippen LogP contribution in [0.25, 0.3) is 10.6 Å². The van der Waals surface area contributed by atoms with Gasteiger partial charge in [-0.1, -0.05) is 63.3 Å². The topological polar surface area (TPSA) is 37.8 Å². The summed E-state index contributed by atoms with van der Waals surface area (Å²) in [6, 6.07) is 8.79. The normalized spacial score (nSPS) is 13.4. The SMILES string of the molecule is CCC(NC)c1nnc(-c2ccccc2C(C)(C)C)s1. The molecule has 0 saturated carbocycles. The quantitative estimate of drug-likeness (QED) is 0.918. The fourth-order valence-electron chi connectivity index (χ4n) is 2.31. The van der Waals surface area contributed by atoms with Crippen molar-refractivity contribution < 1.29 is 0 Å². The predicted octanol–water partition coefficient (Wildman–Crippen LogP) is 4.17. The van der Waals surface area contributed by atoms with Crippen LogP contribution in [-0.4, -0.2) is 17.2 Å². The molecule has 108 valence electrons. The van der Waals surface area contributed by atoms with Crippen molar-refractivity contribution in [3.63, 3.8) is 0 Å². The summed E-state index contributed by atoms with van der Waals surface area (Å²) >= 11 is 1.69. The van der Waals surface area contributed by atoms with Gasteiger partial charge in [-0.05, 0) is 24.4 Å². The Morgan fingerprint density at radius 2 is 1.90 bits per heavy atom. The smallest absolute Gasteiger partial charge is 0.148 e. The van der Waals surface area contributed by atoms with Crippen molar-refractivity contribution in [3.8, 4) is 10.6 Å². The zero-order chi connectivity index (χ0) is 14.8. The van der Waals surface area contributed by atoms with Gasteiger partial charge in [0.1, 0.15) is 10.0 Å². The molecule has 2 aromatic rings. The average Bonchev–Trinajstić information content (AvgIpc) is 2.89. The van der Waals surface area contributed by atoms with E-state index in [0.717, 1.165) is 16.4 Å². The van der Waals surface area contributed by atoms with Crippen LogP contribution in [-0.2, 0) is 5.41 Å². The van der Waals surface area contributed by atoms with E-state index >= 15 is 0 Å². The summed E-state index contributed by atoms with van der Waals surface area (Å²) in [5, 5.41) is 14.1. The van der Waals surface area contributed by atoms with Crippen molar-refractivity contribution >= 4 is 11.3 Å². The van der Waals surface area contributed by atoms with E-state index < -0.39 is 0 Å². The molecule has 1 aromatic carbocycles. The van der Waals surface area contributed by atoms with Crippen LogP contribution < -0.4 is 5.32 Å². The number of hydrogen-bond donors (Lipinski definition) is 1. The highest BCUT2D eigenvalue weighted by atomic mass is 32.1. The minimum Gasteiger partial charge on any atom is -0.311 e. The van der Waals surface area contributed by atoms with Crippen LogP contribution in [0.5, 0.6) is 0 Å². The summed E-state index contributed by atoms with van der Waals surface area (Å²) in [4.78, 5) is 0. The Bertz CT molecular complexity index is 565. The van der Waals surface area contributed by atoms with Crippen molar-refractivity contribution in [2.45, 2.75) is 45.6 Å². The highest BCUT2D eigenvalue weighted by Crippen LogP contribution is 2.35. The van der Waals surface area contributed by atoms with Crippen LogP contribution in [0.4, 0.5) is 0 Å². The number of rotatable bonds is 4. The van der Waals surface area contributed by atoms with Crippen molar-refractivity contribution in [3.05, 3.63) is 34.8 Å². The third kappa shape index (κ3) is 3.07. The van der Waals surface area contributed by atoms with Crippen LogP contribution in [0.15, 0.2) is 24.3 Å². The second-order valence-electron chi connectivity index (χ2n) is 5.99. The maximum atomic E-state index is 4.41. The lowest BCUT2D eigenvalue weighted by atomic mass is 9.84. The van der Waals surface area contributed by atoms with E-state index in [1.165, 1.54) is 11.1 Å². The van der Waals surface area contributed by atoms with Gasteiger partial charge in [-0.3, -0.25) is 0 Å². The van der Waals surface area contributed by atoms with Gasteiger partial charge in [0.2, 0.25) is 0 Å². The Morgan fingerprint density at radius 1 is 1.20 bits per heavy atom. The van der Waals surface area contributed by atoms with E-state index in [1.807, 2.05) is 7.05 Å². The maximum Gasteiger partial charge on any atom is 0.148 e. The highest BCUT2D eigenvalue weighted by Gasteiger charge is 2.21. The average molecular weight is 289 g/mol. The minimum atomic E-state index is 0.107. The molecule has 0 fully saturated rings. The second kappa shape index (κ2) is 6.02. The van der Waals surface area contributed by atoms with E-state index in [-0.39, 0.29) is 5.41 Å². The van der Waals surface area contributed by atoms with E-state index in [2.05, 4.69) is 67.5 Å². The molecule has 0 bridgehead atoms. The molecule has 1 atom stereocenters. The van der Waals surface area contributed by atoms with Gasteiger partial charge in [0.05, 0.1) is 6.04 Å². The van der Waals surface area contributed by atoms with Gasteiger partial charge in [-0.2, -0.15) is 0 Å². The molecule has 3 nitrogen and oxygen atoms in total. The largest absolute Gasteiger partial charge is 0.311 e. The number of nitrogens with zero attached hydrogens (tertiary/aromatic N) is 2. The van der Waals surface area contributed by atoms with Crippen LogP contribution in [0.1, 0.15) is 50.7 Å². The lowest BCUT2D eigenvalue weighted by Gasteiger charge is -2.21. The molecule has 1 N–H and O–H groups in total. The first kappa shape index (κ1) is 15.1. The lowest BCUT2D eigenvalue weighted by Crippen LogP contribution is -2.14. The molecular weight excluding hydrogens is 266 g/mol. The first-order chi connectivity index (χ1) is 9.47. The van der Waals surface area contributed by atoms with E-state index in [9.17, 15) is 0 Å². The fourth-order valence-corrected chi connectivity index (χ4v) is 3.39. The predicted molar refractivity (Wildman–Crippen MR) is 86.1 cm³/mol. The van der Waals surface area contributed by atoms with Crippen LogP contribution in [0.2, 0.25) is 0 Å². The van der Waals surface area contributed by atoms with Gasteiger partial charge < -0.3 is 5.32 Å². The van der Waals surface area contributed by atoms with Crippen molar-refractivity contribution in [2.24, 2.45) is 0 Å². The summed E-state index contributed by atoms with van der Waals surface area (Å²) in [5.74, 6) is 0. The Balaban J connectivity index is 2.43.